The number of benzene rings is 1. The monoisotopic (exact) mass is 396 g/mol. The summed E-state index contributed by atoms with van der Waals surface area (Å²) in [5, 5.41) is 15.6. The molecule has 1 amide bonds. The molecule has 0 spiro atoms. The maximum Gasteiger partial charge on any atom is 0.329 e. The number of carbonyl (C=O) groups excluding carboxylic acids is 1. The molecule has 1 aromatic heterocycles. The largest absolute Gasteiger partial charge is 0.480 e. The van der Waals surface area contributed by atoms with Crippen LogP contribution >= 0.6 is 34.7 Å². The molecule has 0 unspecified atom stereocenters. The van der Waals surface area contributed by atoms with Crippen molar-refractivity contribution >= 4 is 46.6 Å². The first-order valence-corrected chi connectivity index (χ1v) is 10.2. The van der Waals surface area contributed by atoms with Crippen molar-refractivity contribution in [3.63, 3.8) is 0 Å². The van der Waals surface area contributed by atoms with Crippen molar-refractivity contribution in [2.24, 2.45) is 0 Å². The van der Waals surface area contributed by atoms with E-state index >= 15 is 0 Å². The lowest BCUT2D eigenvalue weighted by Crippen LogP contribution is -2.56. The summed E-state index contributed by atoms with van der Waals surface area (Å²) in [7, 11) is 0. The summed E-state index contributed by atoms with van der Waals surface area (Å²) < 4.78 is 0. The van der Waals surface area contributed by atoms with Crippen molar-refractivity contribution in [1.82, 2.24) is 10.3 Å². The van der Waals surface area contributed by atoms with Gasteiger partial charge in [0, 0.05) is 16.0 Å². The Morgan fingerprint density at radius 2 is 1.92 bits per heavy atom. The zero-order valence-corrected chi connectivity index (χ0v) is 15.7. The van der Waals surface area contributed by atoms with Crippen LogP contribution in [-0.4, -0.2) is 39.0 Å². The van der Waals surface area contributed by atoms with E-state index in [-0.39, 0.29) is 12.3 Å². The van der Waals surface area contributed by atoms with Gasteiger partial charge < -0.3 is 10.4 Å². The van der Waals surface area contributed by atoms with Gasteiger partial charge in [-0.2, -0.15) is 11.8 Å². The van der Waals surface area contributed by atoms with Gasteiger partial charge in [0.15, 0.2) is 0 Å². The predicted octanol–water partition coefficient (Wildman–Crippen LogP) is 3.47. The molecule has 1 fully saturated rings. The normalized spacial score (nSPS) is 16.4. The first-order chi connectivity index (χ1) is 12.0. The number of aromatic nitrogens is 1. The van der Waals surface area contributed by atoms with Crippen LogP contribution in [0.4, 0.5) is 0 Å². The molecular weight excluding hydrogens is 380 g/mol. The third-order valence-corrected chi connectivity index (χ3v) is 6.30. The molecule has 8 heteroatoms. The number of carbonyl (C=O) groups is 2. The van der Waals surface area contributed by atoms with Gasteiger partial charge in [-0.05, 0) is 36.5 Å². The van der Waals surface area contributed by atoms with Crippen LogP contribution in [-0.2, 0) is 16.0 Å². The first kappa shape index (κ1) is 18.2. The molecule has 1 saturated heterocycles. The van der Waals surface area contributed by atoms with Gasteiger partial charge >= 0.3 is 5.97 Å². The van der Waals surface area contributed by atoms with E-state index in [1.54, 1.807) is 23.9 Å². The number of nitrogens with one attached hydrogen (secondary N) is 1. The lowest BCUT2D eigenvalue weighted by molar-refractivity contribution is -0.148. The highest BCUT2D eigenvalue weighted by Gasteiger charge is 2.41. The Kier molecular flexibility index (Phi) is 5.66. The number of amides is 1. The van der Waals surface area contributed by atoms with Crippen LogP contribution in [0.25, 0.3) is 10.6 Å². The number of hydrogen-bond acceptors (Lipinski definition) is 5. The van der Waals surface area contributed by atoms with Crippen molar-refractivity contribution in [3.05, 3.63) is 40.4 Å². The van der Waals surface area contributed by atoms with Gasteiger partial charge in [0.25, 0.3) is 0 Å². The van der Waals surface area contributed by atoms with Crippen LogP contribution in [0.1, 0.15) is 18.5 Å². The zero-order valence-electron chi connectivity index (χ0n) is 13.3. The minimum atomic E-state index is -1.14. The molecule has 2 heterocycles. The molecule has 0 radical (unpaired) electrons. The fourth-order valence-corrected chi connectivity index (χ4v) is 4.84. The van der Waals surface area contributed by atoms with E-state index in [2.05, 4.69) is 10.3 Å². The van der Waals surface area contributed by atoms with Crippen molar-refractivity contribution in [1.29, 1.82) is 0 Å². The summed E-state index contributed by atoms with van der Waals surface area (Å²) in [6, 6.07) is 7.35. The quantitative estimate of drug-likeness (QED) is 0.808. The highest BCUT2D eigenvalue weighted by molar-refractivity contribution is 7.99. The second-order valence-electron chi connectivity index (χ2n) is 5.88. The molecule has 1 aliphatic rings. The maximum atomic E-state index is 12.3. The molecule has 5 nitrogen and oxygen atoms in total. The number of thioether (sulfide) groups is 1. The molecule has 3 rings (SSSR count). The highest BCUT2D eigenvalue weighted by Crippen LogP contribution is 2.28. The minimum Gasteiger partial charge on any atom is -0.480 e. The Morgan fingerprint density at radius 3 is 2.56 bits per heavy atom. The van der Waals surface area contributed by atoms with Gasteiger partial charge in [-0.15, -0.1) is 11.3 Å². The van der Waals surface area contributed by atoms with Gasteiger partial charge in [-0.25, -0.2) is 9.78 Å². The SMILES string of the molecule is O=C(Cc1csc(-c2ccc(Cl)cc2)n1)NC1(C(=O)O)CCSCC1. The average Bonchev–Trinajstić information content (AvgIpc) is 3.04. The summed E-state index contributed by atoms with van der Waals surface area (Å²) in [4.78, 5) is 28.5. The lowest BCUT2D eigenvalue weighted by Gasteiger charge is -2.33. The predicted molar refractivity (Wildman–Crippen MR) is 101 cm³/mol. The standard InChI is InChI=1S/C17H17ClN2O3S2/c18-12-3-1-11(2-4-12)15-19-13(10-25-15)9-14(21)20-17(16(22)23)5-7-24-8-6-17/h1-4,10H,5-9H2,(H,20,21)(H,22,23). The smallest absolute Gasteiger partial charge is 0.329 e. The summed E-state index contributed by atoms with van der Waals surface area (Å²) in [6.07, 6.45) is 0.976. The Hall–Kier alpha value is -1.57. The van der Waals surface area contributed by atoms with Crippen LogP contribution in [0.3, 0.4) is 0 Å². The van der Waals surface area contributed by atoms with E-state index in [1.165, 1.54) is 11.3 Å². The number of thiazole rings is 1. The van der Waals surface area contributed by atoms with Crippen LogP contribution in [0, 0.1) is 0 Å². The van der Waals surface area contributed by atoms with Crippen LogP contribution in [0.15, 0.2) is 29.6 Å². The molecule has 1 aliphatic heterocycles. The van der Waals surface area contributed by atoms with E-state index in [1.807, 2.05) is 17.5 Å². The van der Waals surface area contributed by atoms with Crippen LogP contribution in [0.5, 0.6) is 0 Å². The van der Waals surface area contributed by atoms with Crippen molar-refractivity contribution < 1.29 is 14.7 Å². The van der Waals surface area contributed by atoms with Gasteiger partial charge in [-0.3, -0.25) is 4.79 Å². The molecule has 132 valence electrons. The Bertz CT molecular complexity index is 770. The average molecular weight is 397 g/mol. The molecular formula is C17H17ClN2O3S2. The number of halogens is 1. The van der Waals surface area contributed by atoms with Gasteiger partial charge in [0.1, 0.15) is 10.5 Å². The van der Waals surface area contributed by atoms with E-state index < -0.39 is 11.5 Å². The summed E-state index contributed by atoms with van der Waals surface area (Å²) >= 11 is 9.05. The van der Waals surface area contributed by atoms with E-state index in [4.69, 9.17) is 11.6 Å². The fourth-order valence-electron chi connectivity index (χ4n) is 2.70. The zero-order chi connectivity index (χ0) is 17.9. The Labute approximate surface area is 158 Å². The van der Waals surface area contributed by atoms with Gasteiger partial charge in [0.2, 0.25) is 5.91 Å². The highest BCUT2D eigenvalue weighted by atomic mass is 35.5. The molecule has 1 aromatic carbocycles. The lowest BCUT2D eigenvalue weighted by atomic mass is 9.92. The third-order valence-electron chi connectivity index (χ3n) is 4.12. The number of carboxylic acid groups (broad SMARTS) is 1. The Morgan fingerprint density at radius 1 is 1.24 bits per heavy atom. The first-order valence-electron chi connectivity index (χ1n) is 7.81. The van der Waals surface area contributed by atoms with Crippen molar-refractivity contribution in [2.45, 2.75) is 24.8 Å². The molecule has 0 bridgehead atoms. The number of nitrogens with zero attached hydrogens (tertiary/aromatic N) is 1. The van der Waals surface area contributed by atoms with Crippen molar-refractivity contribution in [3.8, 4) is 10.6 Å². The number of aliphatic carboxylic acids is 1. The van der Waals surface area contributed by atoms with Gasteiger partial charge in [0.05, 0.1) is 12.1 Å². The number of carboxylic acids is 1. The third kappa shape index (κ3) is 4.34. The number of hydrogen-bond donors (Lipinski definition) is 2. The second-order valence-corrected chi connectivity index (χ2v) is 8.39. The summed E-state index contributed by atoms with van der Waals surface area (Å²) in [6.45, 7) is 0. The molecule has 2 N–H and O–H groups in total. The minimum absolute atomic E-state index is 0.0757. The van der Waals surface area contributed by atoms with Crippen LogP contribution < -0.4 is 5.32 Å². The van der Waals surface area contributed by atoms with Gasteiger partial charge in [-0.1, -0.05) is 23.7 Å². The van der Waals surface area contributed by atoms with Crippen LogP contribution in [0.2, 0.25) is 5.02 Å². The summed E-state index contributed by atoms with van der Waals surface area (Å²) in [5.74, 6) is 0.220. The second kappa shape index (κ2) is 7.76. The topological polar surface area (TPSA) is 79.3 Å². The van der Waals surface area contributed by atoms with Crippen molar-refractivity contribution in [2.75, 3.05) is 11.5 Å². The molecule has 2 aromatic rings. The molecule has 0 atom stereocenters. The maximum absolute atomic E-state index is 12.3. The molecule has 0 aliphatic carbocycles. The van der Waals surface area contributed by atoms with E-state index in [0.717, 1.165) is 22.1 Å². The fraction of sp³-hybridized carbons (Fsp3) is 0.353. The summed E-state index contributed by atoms with van der Waals surface area (Å²) in [5.41, 5.74) is 0.433. The Balaban J connectivity index is 1.67. The molecule has 25 heavy (non-hydrogen) atoms. The number of rotatable bonds is 5. The van der Waals surface area contributed by atoms with E-state index in [0.29, 0.717) is 23.6 Å². The van der Waals surface area contributed by atoms with E-state index in [9.17, 15) is 14.7 Å². The molecule has 0 saturated carbocycles.